The molecule has 1 aromatic carbocycles. The number of aryl methyl sites for hydroxylation is 1. The smallest absolute Gasteiger partial charge is 0.272 e. The Morgan fingerprint density at radius 1 is 1.33 bits per heavy atom. The quantitative estimate of drug-likeness (QED) is 0.691. The summed E-state index contributed by atoms with van der Waals surface area (Å²) in [6.45, 7) is 1.79. The van der Waals surface area contributed by atoms with E-state index in [0.717, 1.165) is 47.0 Å². The summed E-state index contributed by atoms with van der Waals surface area (Å²) in [7, 11) is 5.40. The fourth-order valence-corrected chi connectivity index (χ4v) is 4.51. The second-order valence-corrected chi connectivity index (χ2v) is 7.86. The first-order chi connectivity index (χ1) is 13.1. The van der Waals surface area contributed by atoms with Crippen molar-refractivity contribution in [1.82, 2.24) is 19.4 Å². The van der Waals surface area contributed by atoms with E-state index in [1.54, 1.807) is 35.5 Å². The Kier molecular flexibility index (Phi) is 4.73. The number of rotatable bonds is 4. The third-order valence-corrected chi connectivity index (χ3v) is 6.32. The average molecular weight is 385 g/mol. The van der Waals surface area contributed by atoms with Crippen LogP contribution in [0.5, 0.6) is 5.75 Å². The molecule has 1 saturated heterocycles. The van der Waals surface area contributed by atoms with E-state index in [0.29, 0.717) is 5.69 Å². The first kappa shape index (κ1) is 17.8. The Bertz CT molecular complexity index is 958. The second-order valence-electron chi connectivity index (χ2n) is 6.85. The van der Waals surface area contributed by atoms with E-state index in [1.165, 1.54) is 0 Å². The van der Waals surface area contributed by atoms with E-state index in [1.807, 2.05) is 31.1 Å². The van der Waals surface area contributed by atoms with Gasteiger partial charge in [-0.25, -0.2) is 9.97 Å². The summed E-state index contributed by atoms with van der Waals surface area (Å²) in [5, 5.41) is 1.04. The van der Waals surface area contributed by atoms with E-state index in [2.05, 4.69) is 16.0 Å². The summed E-state index contributed by atoms with van der Waals surface area (Å²) in [5.74, 6) is 0.855. The average Bonchev–Trinajstić information content (AvgIpc) is 3.32. The van der Waals surface area contributed by atoms with Crippen LogP contribution in [0, 0.1) is 0 Å². The second kappa shape index (κ2) is 7.19. The number of nitrogens with zero attached hydrogens (tertiary/aromatic N) is 5. The van der Waals surface area contributed by atoms with Gasteiger partial charge in [0.25, 0.3) is 5.91 Å². The number of thiazole rings is 1. The molecule has 0 N–H and O–H groups in total. The van der Waals surface area contributed by atoms with Crippen LogP contribution in [0.4, 0.5) is 5.13 Å². The molecule has 4 rings (SSSR count). The Morgan fingerprint density at radius 3 is 2.78 bits per heavy atom. The Hall–Kier alpha value is -2.61. The zero-order chi connectivity index (χ0) is 19.0. The molecule has 0 aliphatic carbocycles. The van der Waals surface area contributed by atoms with Crippen molar-refractivity contribution in [2.75, 3.05) is 32.1 Å². The van der Waals surface area contributed by atoms with Gasteiger partial charge in [-0.2, -0.15) is 0 Å². The number of ether oxygens (including phenoxy) is 1. The lowest BCUT2D eigenvalue weighted by atomic mass is 10.0. The van der Waals surface area contributed by atoms with E-state index < -0.39 is 0 Å². The first-order valence-corrected chi connectivity index (χ1v) is 9.81. The van der Waals surface area contributed by atoms with Gasteiger partial charge >= 0.3 is 0 Å². The van der Waals surface area contributed by atoms with Gasteiger partial charge in [-0.3, -0.25) is 4.79 Å². The van der Waals surface area contributed by atoms with Crippen molar-refractivity contribution in [2.45, 2.75) is 18.9 Å². The molecule has 1 aliphatic heterocycles. The standard InChI is InChI=1S/C19H23N5O2S/c1-22-12-20-11-16(22)18(25)23(2)13-6-8-24(9-7-13)19-21-15-10-14(26-3)4-5-17(15)27-19/h4-5,10-13H,6-9H2,1-3H3. The van der Waals surface area contributed by atoms with Gasteiger partial charge in [-0.1, -0.05) is 11.3 Å². The zero-order valence-corrected chi connectivity index (χ0v) is 16.6. The molecule has 0 unspecified atom stereocenters. The lowest BCUT2D eigenvalue weighted by molar-refractivity contribution is 0.0699. The highest BCUT2D eigenvalue weighted by atomic mass is 32.1. The van der Waals surface area contributed by atoms with E-state index in [-0.39, 0.29) is 11.9 Å². The van der Waals surface area contributed by atoms with Gasteiger partial charge in [0, 0.05) is 39.3 Å². The van der Waals surface area contributed by atoms with E-state index in [4.69, 9.17) is 9.72 Å². The highest BCUT2D eigenvalue weighted by molar-refractivity contribution is 7.22. The largest absolute Gasteiger partial charge is 0.497 e. The van der Waals surface area contributed by atoms with Gasteiger partial charge in [0.2, 0.25) is 0 Å². The van der Waals surface area contributed by atoms with Crippen molar-refractivity contribution in [3.63, 3.8) is 0 Å². The van der Waals surface area contributed by atoms with Crippen LogP contribution in [-0.4, -0.2) is 58.6 Å². The van der Waals surface area contributed by atoms with Gasteiger partial charge in [0.05, 0.1) is 29.9 Å². The van der Waals surface area contributed by atoms with Crippen molar-refractivity contribution in [3.8, 4) is 5.75 Å². The van der Waals surface area contributed by atoms with Crippen molar-refractivity contribution in [2.24, 2.45) is 7.05 Å². The molecule has 7 nitrogen and oxygen atoms in total. The topological polar surface area (TPSA) is 63.5 Å². The number of fused-ring (bicyclic) bond motifs is 1. The summed E-state index contributed by atoms with van der Waals surface area (Å²) < 4.78 is 8.22. The maximum Gasteiger partial charge on any atom is 0.272 e. The molecule has 0 radical (unpaired) electrons. The highest BCUT2D eigenvalue weighted by Crippen LogP contribution is 2.33. The van der Waals surface area contributed by atoms with Crippen LogP contribution < -0.4 is 9.64 Å². The number of methoxy groups -OCH3 is 1. The summed E-state index contributed by atoms with van der Waals surface area (Å²) in [4.78, 5) is 25.7. The number of amides is 1. The normalized spacial score (nSPS) is 15.3. The number of carbonyl (C=O) groups excluding carboxylic acids is 1. The van der Waals surface area contributed by atoms with Crippen molar-refractivity contribution < 1.29 is 9.53 Å². The maximum absolute atomic E-state index is 12.7. The number of carbonyl (C=O) groups is 1. The maximum atomic E-state index is 12.7. The molecular weight excluding hydrogens is 362 g/mol. The van der Waals surface area contributed by atoms with Crippen LogP contribution in [0.1, 0.15) is 23.3 Å². The van der Waals surface area contributed by atoms with Crippen LogP contribution in [0.3, 0.4) is 0 Å². The molecule has 0 bridgehead atoms. The van der Waals surface area contributed by atoms with Gasteiger partial charge < -0.3 is 19.1 Å². The molecule has 1 amide bonds. The number of piperidine rings is 1. The molecule has 142 valence electrons. The summed E-state index contributed by atoms with van der Waals surface area (Å²) in [5.41, 5.74) is 1.60. The molecule has 3 heterocycles. The first-order valence-electron chi connectivity index (χ1n) is 9.00. The minimum atomic E-state index is 0.0283. The molecule has 2 aromatic heterocycles. The zero-order valence-electron chi connectivity index (χ0n) is 15.8. The number of anilines is 1. The molecule has 3 aromatic rings. The Labute approximate surface area is 162 Å². The highest BCUT2D eigenvalue weighted by Gasteiger charge is 2.28. The van der Waals surface area contributed by atoms with Crippen LogP contribution in [0.25, 0.3) is 10.2 Å². The summed E-state index contributed by atoms with van der Waals surface area (Å²) in [6, 6.07) is 6.23. The summed E-state index contributed by atoms with van der Waals surface area (Å²) >= 11 is 1.71. The van der Waals surface area contributed by atoms with Crippen molar-refractivity contribution in [3.05, 3.63) is 36.4 Å². The summed E-state index contributed by atoms with van der Waals surface area (Å²) in [6.07, 6.45) is 5.15. The molecule has 0 atom stereocenters. The number of aromatic nitrogens is 3. The third-order valence-electron chi connectivity index (χ3n) is 5.22. The molecular formula is C19H23N5O2S. The Balaban J connectivity index is 1.43. The van der Waals surface area contributed by atoms with Crippen LogP contribution >= 0.6 is 11.3 Å². The molecule has 27 heavy (non-hydrogen) atoms. The van der Waals surface area contributed by atoms with E-state index >= 15 is 0 Å². The van der Waals surface area contributed by atoms with Crippen molar-refractivity contribution in [1.29, 1.82) is 0 Å². The van der Waals surface area contributed by atoms with Crippen LogP contribution in [0.15, 0.2) is 30.7 Å². The third kappa shape index (κ3) is 3.37. The number of benzene rings is 1. The number of imidazole rings is 1. The molecule has 1 aliphatic rings. The van der Waals surface area contributed by atoms with Gasteiger partial charge in [-0.15, -0.1) is 0 Å². The molecule has 0 saturated carbocycles. The van der Waals surface area contributed by atoms with Gasteiger partial charge in [-0.05, 0) is 25.0 Å². The minimum absolute atomic E-state index is 0.0283. The monoisotopic (exact) mass is 385 g/mol. The van der Waals surface area contributed by atoms with Gasteiger partial charge in [0.15, 0.2) is 5.13 Å². The number of hydrogen-bond acceptors (Lipinski definition) is 6. The van der Waals surface area contributed by atoms with E-state index in [9.17, 15) is 4.79 Å². The van der Waals surface area contributed by atoms with Crippen LogP contribution in [-0.2, 0) is 7.05 Å². The lowest BCUT2D eigenvalue weighted by Crippen LogP contribution is -2.46. The van der Waals surface area contributed by atoms with Crippen molar-refractivity contribution >= 4 is 32.6 Å². The van der Waals surface area contributed by atoms with Gasteiger partial charge in [0.1, 0.15) is 11.4 Å². The molecule has 0 spiro atoms. The van der Waals surface area contributed by atoms with Crippen LogP contribution in [0.2, 0.25) is 0 Å². The predicted molar refractivity (Wildman–Crippen MR) is 107 cm³/mol. The number of hydrogen-bond donors (Lipinski definition) is 0. The Morgan fingerprint density at radius 2 is 2.11 bits per heavy atom. The fraction of sp³-hybridized carbons (Fsp3) is 0.421. The molecule has 1 fully saturated rings. The minimum Gasteiger partial charge on any atom is -0.497 e. The molecule has 8 heteroatoms. The fourth-order valence-electron chi connectivity index (χ4n) is 3.51. The SMILES string of the molecule is COc1ccc2sc(N3CCC(N(C)C(=O)c4cncn4C)CC3)nc2c1. The predicted octanol–water partition coefficient (Wildman–Crippen LogP) is 2.78. The lowest BCUT2D eigenvalue weighted by Gasteiger charge is -2.36.